The highest BCUT2D eigenvalue weighted by molar-refractivity contribution is 5.77. The molecule has 1 aliphatic heterocycles. The lowest BCUT2D eigenvalue weighted by Gasteiger charge is -2.19. The SMILES string of the molecule is CCOc1cc2c(cc1CNC(=O)CCNC(=O)OC(C)(C)C)O[C@H](C)C2. The van der Waals surface area contributed by atoms with Gasteiger partial charge < -0.3 is 24.8 Å². The van der Waals surface area contributed by atoms with E-state index in [1.165, 1.54) is 0 Å². The van der Waals surface area contributed by atoms with E-state index in [0.29, 0.717) is 13.2 Å². The lowest BCUT2D eigenvalue weighted by molar-refractivity contribution is -0.121. The smallest absolute Gasteiger partial charge is 0.407 e. The van der Waals surface area contributed by atoms with Crippen molar-refractivity contribution >= 4 is 12.0 Å². The monoisotopic (exact) mass is 378 g/mol. The van der Waals surface area contributed by atoms with Crippen molar-refractivity contribution in [3.63, 3.8) is 0 Å². The summed E-state index contributed by atoms with van der Waals surface area (Å²) in [6, 6.07) is 3.93. The van der Waals surface area contributed by atoms with Crippen molar-refractivity contribution in [3.05, 3.63) is 23.3 Å². The van der Waals surface area contributed by atoms with Gasteiger partial charge in [0.05, 0.1) is 6.61 Å². The van der Waals surface area contributed by atoms with Crippen molar-refractivity contribution in [1.82, 2.24) is 10.6 Å². The summed E-state index contributed by atoms with van der Waals surface area (Å²) in [6.07, 6.45) is 0.650. The molecule has 150 valence electrons. The number of carbonyl (C=O) groups is 2. The maximum absolute atomic E-state index is 12.1. The van der Waals surface area contributed by atoms with Gasteiger partial charge in [0.15, 0.2) is 0 Å². The highest BCUT2D eigenvalue weighted by Gasteiger charge is 2.22. The summed E-state index contributed by atoms with van der Waals surface area (Å²) < 4.78 is 16.6. The Balaban J connectivity index is 1.84. The number of carbonyl (C=O) groups excluding carboxylic acids is 2. The predicted octanol–water partition coefficient (Wildman–Crippen LogP) is 2.94. The molecule has 1 aliphatic rings. The van der Waals surface area contributed by atoms with Gasteiger partial charge in [-0.2, -0.15) is 0 Å². The zero-order valence-electron chi connectivity index (χ0n) is 16.8. The van der Waals surface area contributed by atoms with E-state index in [-0.39, 0.29) is 25.0 Å². The third-order valence-electron chi connectivity index (χ3n) is 3.88. The second-order valence-corrected chi connectivity index (χ2v) is 7.59. The average Bonchev–Trinajstić information content (AvgIpc) is 2.90. The molecule has 1 heterocycles. The third-order valence-corrected chi connectivity index (χ3v) is 3.88. The maximum atomic E-state index is 12.1. The minimum atomic E-state index is -0.560. The van der Waals surface area contributed by atoms with Crippen molar-refractivity contribution in [3.8, 4) is 11.5 Å². The number of benzene rings is 1. The van der Waals surface area contributed by atoms with Gasteiger partial charge in [-0.25, -0.2) is 4.79 Å². The van der Waals surface area contributed by atoms with Crippen LogP contribution in [0.5, 0.6) is 11.5 Å². The number of alkyl carbamates (subject to hydrolysis) is 1. The van der Waals surface area contributed by atoms with Gasteiger partial charge in [0.1, 0.15) is 23.2 Å². The van der Waals surface area contributed by atoms with Crippen molar-refractivity contribution in [2.75, 3.05) is 13.2 Å². The summed E-state index contributed by atoms with van der Waals surface area (Å²) in [5, 5.41) is 5.43. The normalized spacial score (nSPS) is 15.5. The molecule has 2 N–H and O–H groups in total. The molecular weight excluding hydrogens is 348 g/mol. The molecule has 1 atom stereocenters. The number of hydrogen-bond donors (Lipinski definition) is 2. The van der Waals surface area contributed by atoms with E-state index in [4.69, 9.17) is 14.2 Å². The van der Waals surface area contributed by atoms with Crippen LogP contribution in [0.4, 0.5) is 4.79 Å². The molecule has 2 amide bonds. The van der Waals surface area contributed by atoms with Crippen molar-refractivity contribution in [1.29, 1.82) is 0 Å². The second kappa shape index (κ2) is 8.97. The first-order valence-corrected chi connectivity index (χ1v) is 9.36. The lowest BCUT2D eigenvalue weighted by atomic mass is 10.1. The Hall–Kier alpha value is -2.44. The van der Waals surface area contributed by atoms with E-state index in [0.717, 1.165) is 29.0 Å². The van der Waals surface area contributed by atoms with Crippen molar-refractivity contribution in [2.45, 2.75) is 65.7 Å². The van der Waals surface area contributed by atoms with Gasteiger partial charge in [-0.15, -0.1) is 0 Å². The van der Waals surface area contributed by atoms with Crippen LogP contribution in [0.3, 0.4) is 0 Å². The molecule has 27 heavy (non-hydrogen) atoms. The standard InChI is InChI=1S/C20H30N2O5/c1-6-25-16-10-14-9-13(2)26-17(14)11-15(16)12-22-18(23)7-8-21-19(24)27-20(3,4)5/h10-11,13H,6-9,12H2,1-5H3,(H,21,24)(H,22,23)/t13-/m1/s1. The third kappa shape index (κ3) is 6.66. The van der Waals surface area contributed by atoms with Gasteiger partial charge in [0.25, 0.3) is 0 Å². The highest BCUT2D eigenvalue weighted by Crippen LogP contribution is 2.35. The highest BCUT2D eigenvalue weighted by atomic mass is 16.6. The molecule has 0 spiro atoms. The van der Waals surface area contributed by atoms with Crippen molar-refractivity contribution < 1.29 is 23.8 Å². The molecular formula is C20H30N2O5. The Kier molecular flexibility index (Phi) is 6.93. The van der Waals surface area contributed by atoms with Gasteiger partial charge in [-0.3, -0.25) is 4.79 Å². The maximum Gasteiger partial charge on any atom is 0.407 e. The molecule has 0 fully saturated rings. The molecule has 0 saturated heterocycles. The first kappa shape index (κ1) is 20.9. The number of hydrogen-bond acceptors (Lipinski definition) is 5. The number of rotatable bonds is 7. The van der Waals surface area contributed by atoms with Crippen LogP contribution in [0.25, 0.3) is 0 Å². The molecule has 2 rings (SSSR count). The largest absolute Gasteiger partial charge is 0.494 e. The topological polar surface area (TPSA) is 85.9 Å². The summed E-state index contributed by atoms with van der Waals surface area (Å²) >= 11 is 0. The van der Waals surface area contributed by atoms with E-state index < -0.39 is 11.7 Å². The van der Waals surface area contributed by atoms with Crippen LogP contribution in [-0.2, 0) is 22.5 Å². The Morgan fingerprint density at radius 2 is 2.00 bits per heavy atom. The summed E-state index contributed by atoms with van der Waals surface area (Å²) in [4.78, 5) is 23.6. The molecule has 0 saturated carbocycles. The molecule has 1 aromatic rings. The van der Waals surface area contributed by atoms with Crippen LogP contribution in [0.1, 0.15) is 52.2 Å². The number of ether oxygens (including phenoxy) is 3. The lowest BCUT2D eigenvalue weighted by Crippen LogP contribution is -2.35. The summed E-state index contributed by atoms with van der Waals surface area (Å²) in [6.45, 7) is 10.4. The number of nitrogens with one attached hydrogen (secondary N) is 2. The Morgan fingerprint density at radius 3 is 2.67 bits per heavy atom. The summed E-state index contributed by atoms with van der Waals surface area (Å²) in [5.41, 5.74) is 1.44. The van der Waals surface area contributed by atoms with Gasteiger partial charge in [-0.1, -0.05) is 0 Å². The molecule has 1 aromatic carbocycles. The Labute approximate surface area is 160 Å². The fraction of sp³-hybridized carbons (Fsp3) is 0.600. The fourth-order valence-corrected chi connectivity index (χ4v) is 2.78. The van der Waals surface area contributed by atoms with E-state index in [9.17, 15) is 9.59 Å². The Morgan fingerprint density at radius 1 is 1.26 bits per heavy atom. The molecule has 0 radical (unpaired) electrons. The van der Waals surface area contributed by atoms with Gasteiger partial charge in [0.2, 0.25) is 5.91 Å². The Bertz CT molecular complexity index is 682. The van der Waals surface area contributed by atoms with Crippen molar-refractivity contribution in [2.24, 2.45) is 0 Å². The van der Waals surface area contributed by atoms with Gasteiger partial charge in [0, 0.05) is 37.1 Å². The minimum absolute atomic E-state index is 0.151. The molecule has 7 nitrogen and oxygen atoms in total. The molecule has 0 unspecified atom stereocenters. The van der Waals surface area contributed by atoms with E-state index in [1.54, 1.807) is 20.8 Å². The van der Waals surface area contributed by atoms with Crippen LogP contribution in [-0.4, -0.2) is 36.9 Å². The van der Waals surface area contributed by atoms with Crippen LogP contribution in [0, 0.1) is 0 Å². The van der Waals surface area contributed by atoms with E-state index >= 15 is 0 Å². The second-order valence-electron chi connectivity index (χ2n) is 7.59. The number of fused-ring (bicyclic) bond motifs is 1. The minimum Gasteiger partial charge on any atom is -0.494 e. The first-order chi connectivity index (χ1) is 12.7. The van der Waals surface area contributed by atoms with Crippen LogP contribution in [0.2, 0.25) is 0 Å². The molecule has 7 heteroatoms. The zero-order valence-corrected chi connectivity index (χ0v) is 16.8. The van der Waals surface area contributed by atoms with Crippen LogP contribution in [0.15, 0.2) is 12.1 Å². The van der Waals surface area contributed by atoms with Crippen LogP contribution >= 0.6 is 0 Å². The molecule has 0 bridgehead atoms. The zero-order chi connectivity index (χ0) is 20.0. The van der Waals surface area contributed by atoms with E-state index in [1.807, 2.05) is 26.0 Å². The summed E-state index contributed by atoms with van der Waals surface area (Å²) in [5.74, 6) is 1.45. The first-order valence-electron chi connectivity index (χ1n) is 9.36. The van der Waals surface area contributed by atoms with Gasteiger partial charge >= 0.3 is 6.09 Å². The van der Waals surface area contributed by atoms with Gasteiger partial charge in [-0.05, 0) is 46.8 Å². The molecule has 0 aliphatic carbocycles. The summed E-state index contributed by atoms with van der Waals surface area (Å²) in [7, 11) is 0. The fourth-order valence-electron chi connectivity index (χ4n) is 2.78. The van der Waals surface area contributed by atoms with E-state index in [2.05, 4.69) is 10.6 Å². The predicted molar refractivity (Wildman–Crippen MR) is 102 cm³/mol. The molecule has 0 aromatic heterocycles. The van der Waals surface area contributed by atoms with Crippen LogP contribution < -0.4 is 20.1 Å². The average molecular weight is 378 g/mol. The quantitative estimate of drug-likeness (QED) is 0.762. The number of amides is 2.